The highest BCUT2D eigenvalue weighted by Crippen LogP contribution is 2.67. The fraction of sp³-hybridized carbons (Fsp3) is 0.810. The number of ether oxygens (including phenoxy) is 1. The van der Waals surface area contributed by atoms with Crippen molar-refractivity contribution in [1.29, 1.82) is 0 Å². The van der Waals surface area contributed by atoms with Gasteiger partial charge in [-0.25, -0.2) is 0 Å². The Bertz CT molecular complexity index is 649. The van der Waals surface area contributed by atoms with Gasteiger partial charge in [0, 0.05) is 18.8 Å². The summed E-state index contributed by atoms with van der Waals surface area (Å²) < 4.78 is 5.70. The monoisotopic (exact) mass is 328 g/mol. The largest absolute Gasteiger partial charge is 0.462 e. The molecule has 1 spiro atoms. The SMILES string of the molecule is CC1OC(=O)C23CC=C4C(CCC5CC(=O)CCC45C)C2CCC13. The van der Waals surface area contributed by atoms with Crippen LogP contribution < -0.4 is 0 Å². The molecule has 0 amide bonds. The Hall–Kier alpha value is -1.12. The van der Waals surface area contributed by atoms with Gasteiger partial charge in [-0.3, -0.25) is 9.59 Å². The van der Waals surface area contributed by atoms with Crippen molar-refractivity contribution in [3.63, 3.8) is 0 Å². The number of ketones is 1. The van der Waals surface area contributed by atoms with Crippen LogP contribution in [0.1, 0.15) is 65.2 Å². The minimum Gasteiger partial charge on any atom is -0.462 e. The van der Waals surface area contributed by atoms with E-state index in [1.807, 2.05) is 0 Å². The Morgan fingerprint density at radius 1 is 1.12 bits per heavy atom. The van der Waals surface area contributed by atoms with Crippen LogP contribution in [0.15, 0.2) is 11.6 Å². The summed E-state index contributed by atoms with van der Waals surface area (Å²) in [5, 5.41) is 0. The molecular weight excluding hydrogens is 300 g/mol. The van der Waals surface area contributed by atoms with Gasteiger partial charge in [0.25, 0.3) is 0 Å². The van der Waals surface area contributed by atoms with Gasteiger partial charge in [0.15, 0.2) is 0 Å². The fourth-order valence-electron chi connectivity index (χ4n) is 7.46. The molecule has 3 saturated carbocycles. The van der Waals surface area contributed by atoms with Crippen molar-refractivity contribution in [2.24, 2.45) is 34.5 Å². The van der Waals surface area contributed by atoms with E-state index in [4.69, 9.17) is 4.74 Å². The number of cyclic esters (lactones) is 1. The zero-order valence-electron chi connectivity index (χ0n) is 14.8. The molecule has 0 aromatic rings. The second-order valence-electron chi connectivity index (χ2n) is 9.35. The van der Waals surface area contributed by atoms with E-state index in [1.165, 1.54) is 12.8 Å². The quantitative estimate of drug-likeness (QED) is 0.497. The Morgan fingerprint density at radius 2 is 1.92 bits per heavy atom. The number of esters is 1. The summed E-state index contributed by atoms with van der Waals surface area (Å²) in [7, 11) is 0. The first-order chi connectivity index (χ1) is 11.5. The average molecular weight is 328 g/mol. The maximum atomic E-state index is 12.8. The van der Waals surface area contributed by atoms with Crippen LogP contribution in [-0.2, 0) is 14.3 Å². The van der Waals surface area contributed by atoms with E-state index in [-0.39, 0.29) is 22.9 Å². The zero-order valence-corrected chi connectivity index (χ0v) is 14.8. The van der Waals surface area contributed by atoms with Crippen LogP contribution in [0.3, 0.4) is 0 Å². The van der Waals surface area contributed by atoms with Crippen LogP contribution in [0.25, 0.3) is 0 Å². The van der Waals surface area contributed by atoms with Crippen molar-refractivity contribution >= 4 is 11.8 Å². The van der Waals surface area contributed by atoms with E-state index in [9.17, 15) is 9.59 Å². The summed E-state index contributed by atoms with van der Waals surface area (Å²) in [5.41, 5.74) is 1.58. The molecule has 7 atom stereocenters. The summed E-state index contributed by atoms with van der Waals surface area (Å²) >= 11 is 0. The van der Waals surface area contributed by atoms with Crippen LogP contribution in [0.5, 0.6) is 0 Å². The Kier molecular flexibility index (Phi) is 2.99. The maximum Gasteiger partial charge on any atom is 0.313 e. The number of hydrogen-bond acceptors (Lipinski definition) is 3. The molecule has 0 bridgehead atoms. The fourth-order valence-corrected chi connectivity index (χ4v) is 7.46. The smallest absolute Gasteiger partial charge is 0.313 e. The van der Waals surface area contributed by atoms with Crippen molar-refractivity contribution in [2.75, 3.05) is 0 Å². The number of Topliss-reactive ketones (excluding diaryl/α,β-unsaturated/α-hetero) is 1. The van der Waals surface area contributed by atoms with Crippen LogP contribution in [0, 0.1) is 34.5 Å². The van der Waals surface area contributed by atoms with Crippen LogP contribution in [0.4, 0.5) is 0 Å². The minimum atomic E-state index is -0.221. The second kappa shape index (κ2) is 4.74. The molecule has 1 saturated heterocycles. The second-order valence-corrected chi connectivity index (χ2v) is 9.35. The highest BCUT2D eigenvalue weighted by molar-refractivity contribution is 5.82. The lowest BCUT2D eigenvalue weighted by Crippen LogP contribution is -2.49. The number of hydrogen-bond donors (Lipinski definition) is 0. The summed E-state index contributed by atoms with van der Waals surface area (Å²) in [6.45, 7) is 4.49. The average Bonchev–Trinajstić information content (AvgIpc) is 3.05. The molecule has 0 N–H and O–H groups in total. The maximum absolute atomic E-state index is 12.8. The number of allylic oxidation sites excluding steroid dienone is 2. The van der Waals surface area contributed by atoms with Gasteiger partial charge in [-0.2, -0.15) is 0 Å². The Labute approximate surface area is 144 Å². The lowest BCUT2D eigenvalue weighted by molar-refractivity contribution is -0.152. The molecule has 5 rings (SSSR count). The highest BCUT2D eigenvalue weighted by atomic mass is 16.6. The van der Waals surface area contributed by atoms with E-state index < -0.39 is 0 Å². The van der Waals surface area contributed by atoms with E-state index in [2.05, 4.69) is 19.9 Å². The molecule has 0 aromatic carbocycles. The first kappa shape index (κ1) is 15.2. The molecule has 0 radical (unpaired) electrons. The van der Waals surface area contributed by atoms with E-state index in [1.54, 1.807) is 5.57 Å². The normalized spacial score (nSPS) is 52.8. The zero-order chi connectivity index (χ0) is 16.7. The van der Waals surface area contributed by atoms with Gasteiger partial charge in [0.05, 0.1) is 5.41 Å². The molecule has 3 nitrogen and oxygen atoms in total. The molecule has 7 unspecified atom stereocenters. The van der Waals surface area contributed by atoms with Crippen molar-refractivity contribution in [1.82, 2.24) is 0 Å². The number of carbonyl (C=O) groups excluding carboxylic acids is 2. The van der Waals surface area contributed by atoms with Crippen LogP contribution in [0.2, 0.25) is 0 Å². The van der Waals surface area contributed by atoms with Gasteiger partial charge in [-0.1, -0.05) is 18.6 Å². The van der Waals surface area contributed by atoms with E-state index >= 15 is 0 Å². The first-order valence-electron chi connectivity index (χ1n) is 9.90. The van der Waals surface area contributed by atoms with Crippen LogP contribution >= 0.6 is 0 Å². The van der Waals surface area contributed by atoms with Gasteiger partial charge in [-0.05, 0) is 68.6 Å². The van der Waals surface area contributed by atoms with Gasteiger partial charge in [0.2, 0.25) is 0 Å². The molecule has 24 heavy (non-hydrogen) atoms. The van der Waals surface area contributed by atoms with Crippen molar-refractivity contribution in [3.8, 4) is 0 Å². The number of carbonyl (C=O) groups is 2. The summed E-state index contributed by atoms with van der Waals surface area (Å²) in [5.74, 6) is 2.53. The van der Waals surface area contributed by atoms with Gasteiger partial charge in [-0.15, -0.1) is 0 Å². The highest BCUT2D eigenvalue weighted by Gasteiger charge is 2.67. The third kappa shape index (κ3) is 1.64. The molecule has 3 heteroatoms. The van der Waals surface area contributed by atoms with Gasteiger partial charge in [0.1, 0.15) is 11.9 Å². The Balaban J connectivity index is 1.56. The minimum absolute atomic E-state index is 0.0869. The predicted octanol–water partition coefficient (Wildman–Crippen LogP) is 4.06. The number of fused-ring (bicyclic) bond motifs is 4. The summed E-state index contributed by atoms with van der Waals surface area (Å²) in [6.07, 6.45) is 10.6. The van der Waals surface area contributed by atoms with Gasteiger partial charge >= 0.3 is 5.97 Å². The molecule has 1 aliphatic heterocycles. The van der Waals surface area contributed by atoms with E-state index in [0.717, 1.165) is 38.5 Å². The van der Waals surface area contributed by atoms with Gasteiger partial charge < -0.3 is 4.74 Å². The van der Waals surface area contributed by atoms with Crippen molar-refractivity contribution in [2.45, 2.75) is 71.3 Å². The van der Waals surface area contributed by atoms with Crippen LogP contribution in [-0.4, -0.2) is 17.9 Å². The molecular formula is C21H28O3. The molecule has 0 aromatic heterocycles. The standard InChI is InChI=1S/C21H28O3/c1-12-16-5-6-18-15-4-3-13-11-14(22)7-9-20(13,2)17(15)8-10-21(16,18)19(23)24-12/h8,12-13,15-16,18H,3-7,9-11H2,1-2H3. The molecule has 4 aliphatic carbocycles. The predicted molar refractivity (Wildman–Crippen MR) is 90.1 cm³/mol. The van der Waals surface area contributed by atoms with E-state index in [0.29, 0.717) is 29.5 Å². The Morgan fingerprint density at radius 3 is 2.75 bits per heavy atom. The third-order valence-electron chi connectivity index (χ3n) is 8.68. The lowest BCUT2D eigenvalue weighted by atomic mass is 9.48. The van der Waals surface area contributed by atoms with Crippen molar-refractivity contribution in [3.05, 3.63) is 11.6 Å². The summed E-state index contributed by atoms with van der Waals surface area (Å²) in [6, 6.07) is 0. The third-order valence-corrected chi connectivity index (χ3v) is 8.68. The summed E-state index contributed by atoms with van der Waals surface area (Å²) in [4.78, 5) is 24.8. The van der Waals surface area contributed by atoms with Crippen molar-refractivity contribution < 1.29 is 14.3 Å². The molecule has 5 aliphatic rings. The first-order valence-corrected chi connectivity index (χ1v) is 9.90. The lowest BCUT2D eigenvalue weighted by Gasteiger charge is -2.55. The molecule has 1 heterocycles. The number of rotatable bonds is 0. The topological polar surface area (TPSA) is 43.4 Å². The molecule has 4 fully saturated rings. The molecule has 130 valence electrons.